The SMILES string of the molecule is COc1ccccc1Oc1coc2cc(OC(=O)c3cc4cc(Cl)ccc4o3)ccc2c1=O. The quantitative estimate of drug-likeness (QED) is 0.226. The predicted octanol–water partition coefficient (Wildman–Crippen LogP) is 6.21. The predicted molar refractivity (Wildman–Crippen MR) is 122 cm³/mol. The lowest BCUT2D eigenvalue weighted by atomic mass is 10.2. The summed E-state index contributed by atoms with van der Waals surface area (Å²) in [5.41, 5.74) is 0.363. The van der Waals surface area contributed by atoms with E-state index in [1.165, 1.54) is 31.6 Å². The molecule has 8 heteroatoms. The first kappa shape index (κ1) is 20.7. The molecule has 0 saturated carbocycles. The van der Waals surface area contributed by atoms with Crippen molar-refractivity contribution in [2.75, 3.05) is 7.11 Å². The zero-order valence-corrected chi connectivity index (χ0v) is 17.9. The van der Waals surface area contributed by atoms with Crippen LogP contribution in [-0.4, -0.2) is 13.1 Å². The molecule has 0 aliphatic carbocycles. The number of para-hydroxylation sites is 2. The van der Waals surface area contributed by atoms with E-state index in [9.17, 15) is 9.59 Å². The number of hydrogen-bond donors (Lipinski definition) is 0. The molecule has 2 heterocycles. The van der Waals surface area contributed by atoms with Crippen LogP contribution in [0.2, 0.25) is 5.02 Å². The number of methoxy groups -OCH3 is 1. The average Bonchev–Trinajstić information content (AvgIpc) is 3.25. The second kappa shape index (κ2) is 8.37. The molecule has 7 nitrogen and oxygen atoms in total. The molecule has 0 N–H and O–H groups in total. The Kier molecular flexibility index (Phi) is 5.24. The molecule has 5 rings (SSSR count). The van der Waals surface area contributed by atoms with Crippen molar-refractivity contribution in [2.45, 2.75) is 0 Å². The molecule has 0 aliphatic heterocycles. The Labute approximate surface area is 191 Å². The number of furan rings is 1. The van der Waals surface area contributed by atoms with Gasteiger partial charge in [0.1, 0.15) is 23.2 Å². The minimum atomic E-state index is -0.694. The maximum atomic E-state index is 12.9. The van der Waals surface area contributed by atoms with E-state index in [0.717, 1.165) is 0 Å². The van der Waals surface area contributed by atoms with Gasteiger partial charge in [0.05, 0.1) is 12.5 Å². The summed E-state index contributed by atoms with van der Waals surface area (Å²) in [6.07, 6.45) is 1.20. The van der Waals surface area contributed by atoms with Gasteiger partial charge in [-0.3, -0.25) is 4.79 Å². The Morgan fingerprint density at radius 1 is 0.909 bits per heavy atom. The molecule has 0 atom stereocenters. The van der Waals surface area contributed by atoms with Crippen LogP contribution in [0.15, 0.2) is 86.6 Å². The van der Waals surface area contributed by atoms with Crippen LogP contribution in [0.1, 0.15) is 10.6 Å². The monoisotopic (exact) mass is 462 g/mol. The van der Waals surface area contributed by atoms with Gasteiger partial charge in [0.2, 0.25) is 16.9 Å². The third kappa shape index (κ3) is 4.02. The van der Waals surface area contributed by atoms with E-state index >= 15 is 0 Å². The van der Waals surface area contributed by atoms with Gasteiger partial charge in [-0.1, -0.05) is 23.7 Å². The lowest BCUT2D eigenvalue weighted by Gasteiger charge is -2.09. The zero-order valence-electron chi connectivity index (χ0n) is 17.2. The van der Waals surface area contributed by atoms with E-state index in [1.54, 1.807) is 48.5 Å². The van der Waals surface area contributed by atoms with Crippen LogP contribution in [0.3, 0.4) is 0 Å². The van der Waals surface area contributed by atoms with Crippen molar-refractivity contribution >= 4 is 39.5 Å². The summed E-state index contributed by atoms with van der Waals surface area (Å²) < 4.78 is 27.4. The molecular formula is C25H15ClO7. The van der Waals surface area contributed by atoms with Gasteiger partial charge in [-0.2, -0.15) is 0 Å². The number of hydrogen-bond acceptors (Lipinski definition) is 7. The average molecular weight is 463 g/mol. The maximum Gasteiger partial charge on any atom is 0.379 e. The Morgan fingerprint density at radius 3 is 2.55 bits per heavy atom. The summed E-state index contributed by atoms with van der Waals surface area (Å²) in [7, 11) is 1.51. The molecule has 0 amide bonds. The summed E-state index contributed by atoms with van der Waals surface area (Å²) >= 11 is 5.97. The second-order valence-electron chi connectivity index (χ2n) is 7.02. The topological polar surface area (TPSA) is 88.1 Å². The van der Waals surface area contributed by atoms with Crippen LogP contribution in [0.5, 0.6) is 23.0 Å². The van der Waals surface area contributed by atoms with Crippen molar-refractivity contribution in [3.05, 3.63) is 94.0 Å². The molecule has 0 bridgehead atoms. The minimum absolute atomic E-state index is 0.00215. The molecular weight excluding hydrogens is 448 g/mol. The highest BCUT2D eigenvalue weighted by molar-refractivity contribution is 6.31. The van der Waals surface area contributed by atoms with E-state index in [0.29, 0.717) is 27.5 Å². The van der Waals surface area contributed by atoms with Crippen LogP contribution in [0, 0.1) is 0 Å². The number of fused-ring (bicyclic) bond motifs is 2. The molecule has 0 spiro atoms. The molecule has 2 aromatic heterocycles. The highest BCUT2D eigenvalue weighted by Crippen LogP contribution is 2.31. The van der Waals surface area contributed by atoms with Crippen LogP contribution in [0.4, 0.5) is 0 Å². The van der Waals surface area contributed by atoms with Gasteiger partial charge in [0.15, 0.2) is 11.5 Å². The Morgan fingerprint density at radius 2 is 1.73 bits per heavy atom. The molecule has 0 unspecified atom stereocenters. The van der Waals surface area contributed by atoms with E-state index in [-0.39, 0.29) is 33.7 Å². The fourth-order valence-corrected chi connectivity index (χ4v) is 3.50. The van der Waals surface area contributed by atoms with Crippen molar-refractivity contribution in [3.63, 3.8) is 0 Å². The minimum Gasteiger partial charge on any atom is -0.493 e. The summed E-state index contributed by atoms with van der Waals surface area (Å²) in [5, 5.41) is 1.48. The normalized spacial score (nSPS) is 11.0. The highest BCUT2D eigenvalue weighted by Gasteiger charge is 2.17. The molecule has 5 aromatic rings. The van der Waals surface area contributed by atoms with Gasteiger partial charge in [-0.05, 0) is 48.5 Å². The van der Waals surface area contributed by atoms with Gasteiger partial charge >= 0.3 is 5.97 Å². The number of rotatable bonds is 5. The number of ether oxygens (including phenoxy) is 3. The first-order valence-electron chi connectivity index (χ1n) is 9.79. The van der Waals surface area contributed by atoms with Crippen molar-refractivity contribution in [2.24, 2.45) is 0 Å². The number of carbonyl (C=O) groups excluding carboxylic acids is 1. The lowest BCUT2D eigenvalue weighted by molar-refractivity contribution is 0.0704. The van der Waals surface area contributed by atoms with E-state index in [4.69, 9.17) is 34.6 Å². The molecule has 33 heavy (non-hydrogen) atoms. The fourth-order valence-electron chi connectivity index (χ4n) is 3.32. The van der Waals surface area contributed by atoms with E-state index < -0.39 is 5.97 Å². The number of halogens is 1. The standard InChI is InChI=1S/C25H15ClO7/c1-29-19-4-2-3-5-20(19)33-23-13-30-21-12-16(7-8-17(21)24(23)27)31-25(28)22-11-14-10-15(26)6-9-18(14)32-22/h2-13H,1H3. The fraction of sp³-hybridized carbons (Fsp3) is 0.0400. The Balaban J connectivity index is 1.40. The molecule has 0 fully saturated rings. The zero-order chi connectivity index (χ0) is 22.9. The van der Waals surface area contributed by atoms with Gasteiger partial charge in [0, 0.05) is 16.5 Å². The van der Waals surface area contributed by atoms with Crippen LogP contribution < -0.4 is 19.6 Å². The Bertz CT molecular complexity index is 1560. The largest absolute Gasteiger partial charge is 0.493 e. The summed E-state index contributed by atoms with van der Waals surface area (Å²) in [6.45, 7) is 0. The first-order valence-corrected chi connectivity index (χ1v) is 10.2. The summed E-state index contributed by atoms with van der Waals surface area (Å²) in [6, 6.07) is 18.0. The second-order valence-corrected chi connectivity index (χ2v) is 7.46. The third-order valence-corrected chi connectivity index (χ3v) is 5.13. The van der Waals surface area contributed by atoms with Gasteiger partial charge in [-0.15, -0.1) is 0 Å². The van der Waals surface area contributed by atoms with Crippen molar-refractivity contribution in [1.29, 1.82) is 0 Å². The molecule has 0 saturated heterocycles. The van der Waals surface area contributed by atoms with Crippen molar-refractivity contribution in [1.82, 2.24) is 0 Å². The maximum absolute atomic E-state index is 12.9. The number of carbonyl (C=O) groups is 1. The van der Waals surface area contributed by atoms with E-state index in [2.05, 4.69) is 0 Å². The van der Waals surface area contributed by atoms with E-state index in [1.807, 2.05) is 0 Å². The third-order valence-electron chi connectivity index (χ3n) is 4.89. The number of benzene rings is 3. The molecule has 0 radical (unpaired) electrons. The summed E-state index contributed by atoms with van der Waals surface area (Å²) in [4.78, 5) is 25.4. The smallest absolute Gasteiger partial charge is 0.379 e. The van der Waals surface area contributed by atoms with Gasteiger partial charge in [-0.25, -0.2) is 4.79 Å². The van der Waals surface area contributed by atoms with Crippen LogP contribution in [0.25, 0.3) is 21.9 Å². The van der Waals surface area contributed by atoms with Gasteiger partial charge in [0.25, 0.3) is 0 Å². The summed E-state index contributed by atoms with van der Waals surface area (Å²) in [5.74, 6) is 0.371. The molecule has 0 aliphatic rings. The number of esters is 1. The van der Waals surface area contributed by atoms with Crippen molar-refractivity contribution < 1.29 is 27.8 Å². The molecule has 164 valence electrons. The highest BCUT2D eigenvalue weighted by atomic mass is 35.5. The van der Waals surface area contributed by atoms with Crippen LogP contribution >= 0.6 is 11.6 Å². The Hall–Kier alpha value is -4.23. The molecule has 3 aromatic carbocycles. The lowest BCUT2D eigenvalue weighted by Crippen LogP contribution is -2.08. The van der Waals surface area contributed by atoms with Crippen LogP contribution in [-0.2, 0) is 0 Å². The first-order chi connectivity index (χ1) is 16.0. The van der Waals surface area contributed by atoms with Crippen molar-refractivity contribution in [3.8, 4) is 23.0 Å². The van der Waals surface area contributed by atoms with Gasteiger partial charge < -0.3 is 23.0 Å².